The van der Waals surface area contributed by atoms with Crippen LogP contribution in [0.1, 0.15) is 37.5 Å². The average Bonchev–Trinajstić information content (AvgIpc) is 2.89. The molecule has 1 aliphatic rings. The topological polar surface area (TPSA) is 50.7 Å². The van der Waals surface area contributed by atoms with Gasteiger partial charge in [-0.05, 0) is 62.6 Å². The Bertz CT molecular complexity index is 799. The molecule has 4 nitrogen and oxygen atoms in total. The van der Waals surface area contributed by atoms with Crippen molar-refractivity contribution in [3.05, 3.63) is 59.2 Å². The van der Waals surface area contributed by atoms with Crippen molar-refractivity contribution in [2.45, 2.75) is 39.7 Å². The fourth-order valence-corrected chi connectivity index (χ4v) is 2.63. The molecule has 0 unspecified atom stereocenters. The Morgan fingerprint density at radius 2 is 1.83 bits per heavy atom. The van der Waals surface area contributed by atoms with E-state index < -0.39 is 11.7 Å². The highest BCUT2D eigenvalue weighted by atomic mass is 16.6. The normalized spacial score (nSPS) is 13.2. The van der Waals surface area contributed by atoms with Crippen LogP contribution < -0.4 is 5.32 Å². The van der Waals surface area contributed by atoms with Crippen LogP contribution in [0.4, 0.5) is 16.2 Å². The molecule has 1 heterocycles. The summed E-state index contributed by atoms with van der Waals surface area (Å²) in [6, 6.07) is 14.1. The zero-order valence-corrected chi connectivity index (χ0v) is 14.5. The minimum Gasteiger partial charge on any atom is -0.444 e. The second-order valence-electron chi connectivity index (χ2n) is 7.07. The Kier molecular flexibility index (Phi) is 4.14. The van der Waals surface area contributed by atoms with Gasteiger partial charge in [0.15, 0.2) is 0 Å². The van der Waals surface area contributed by atoms with Crippen molar-refractivity contribution in [1.82, 2.24) is 0 Å². The predicted octanol–water partition coefficient (Wildman–Crippen LogP) is 5.02. The molecule has 1 N–H and O–H groups in total. The summed E-state index contributed by atoms with van der Waals surface area (Å²) in [6.07, 6.45) is 0.394. The van der Waals surface area contributed by atoms with Gasteiger partial charge < -0.3 is 4.74 Å². The molecule has 2 aromatic carbocycles. The van der Waals surface area contributed by atoms with Crippen LogP contribution in [0.2, 0.25) is 0 Å². The molecule has 0 aliphatic carbocycles. The molecule has 0 fully saturated rings. The Balaban J connectivity index is 1.70. The third kappa shape index (κ3) is 3.82. The zero-order chi connectivity index (χ0) is 17.3. The number of anilines is 1. The van der Waals surface area contributed by atoms with E-state index in [0.717, 1.165) is 23.4 Å². The van der Waals surface area contributed by atoms with Crippen molar-refractivity contribution < 1.29 is 9.53 Å². The van der Waals surface area contributed by atoms with E-state index in [1.54, 1.807) is 0 Å². The number of nitrogens with zero attached hydrogens (tertiary/aromatic N) is 1. The molecule has 1 amide bonds. The number of nitrogens with one attached hydrogen (secondary N) is 1. The van der Waals surface area contributed by atoms with Crippen LogP contribution >= 0.6 is 0 Å². The fraction of sp³-hybridized carbons (Fsp3) is 0.300. The quantitative estimate of drug-likeness (QED) is 0.844. The third-order valence-corrected chi connectivity index (χ3v) is 3.72. The maximum Gasteiger partial charge on any atom is 0.412 e. The van der Waals surface area contributed by atoms with Crippen molar-refractivity contribution >= 4 is 23.2 Å². The standard InChI is InChI=1S/C20H22N2O2/c1-13-5-6-15-12-18(22-17(15)11-13)14-7-9-16(10-8-14)21-19(23)24-20(2,3)4/h5-11H,12H2,1-4H3,(H,21,23). The Hall–Kier alpha value is -2.62. The summed E-state index contributed by atoms with van der Waals surface area (Å²) < 4.78 is 5.25. The molecule has 1 aliphatic heterocycles. The number of aliphatic imine (C=N–C) groups is 1. The number of carbonyl (C=O) groups is 1. The van der Waals surface area contributed by atoms with Crippen molar-refractivity contribution in [1.29, 1.82) is 0 Å². The number of ether oxygens (including phenoxy) is 1. The Labute approximate surface area is 142 Å². The highest BCUT2D eigenvalue weighted by Crippen LogP contribution is 2.30. The first kappa shape index (κ1) is 16.2. The van der Waals surface area contributed by atoms with Gasteiger partial charge in [0.05, 0.1) is 11.4 Å². The van der Waals surface area contributed by atoms with Crippen LogP contribution in [0.5, 0.6) is 0 Å². The van der Waals surface area contributed by atoms with E-state index in [4.69, 9.17) is 9.73 Å². The summed E-state index contributed by atoms with van der Waals surface area (Å²) in [5.74, 6) is 0. The van der Waals surface area contributed by atoms with E-state index in [-0.39, 0.29) is 0 Å². The molecule has 4 heteroatoms. The molecular weight excluding hydrogens is 300 g/mol. The van der Waals surface area contributed by atoms with Crippen molar-refractivity contribution in [2.24, 2.45) is 4.99 Å². The van der Waals surface area contributed by atoms with Gasteiger partial charge in [-0.1, -0.05) is 24.3 Å². The number of fused-ring (bicyclic) bond motifs is 1. The first-order valence-electron chi connectivity index (χ1n) is 8.08. The summed E-state index contributed by atoms with van der Waals surface area (Å²) in [5, 5.41) is 2.74. The highest BCUT2D eigenvalue weighted by molar-refractivity contribution is 6.06. The summed E-state index contributed by atoms with van der Waals surface area (Å²) >= 11 is 0. The fourth-order valence-electron chi connectivity index (χ4n) is 2.63. The summed E-state index contributed by atoms with van der Waals surface area (Å²) in [7, 11) is 0. The lowest BCUT2D eigenvalue weighted by Crippen LogP contribution is -2.27. The lowest BCUT2D eigenvalue weighted by molar-refractivity contribution is 0.0636. The zero-order valence-electron chi connectivity index (χ0n) is 14.5. The third-order valence-electron chi connectivity index (χ3n) is 3.72. The lowest BCUT2D eigenvalue weighted by Gasteiger charge is -2.19. The van der Waals surface area contributed by atoms with Crippen LogP contribution in [0.15, 0.2) is 47.5 Å². The van der Waals surface area contributed by atoms with Crippen LogP contribution in [-0.2, 0) is 11.2 Å². The SMILES string of the molecule is Cc1ccc2c(c1)N=C(c1ccc(NC(=O)OC(C)(C)C)cc1)C2. The van der Waals surface area contributed by atoms with E-state index in [2.05, 4.69) is 30.4 Å². The van der Waals surface area contributed by atoms with Gasteiger partial charge in [-0.2, -0.15) is 0 Å². The molecule has 3 rings (SSSR count). The number of aryl methyl sites for hydroxylation is 1. The van der Waals surface area contributed by atoms with Gasteiger partial charge in [-0.3, -0.25) is 10.3 Å². The maximum absolute atomic E-state index is 11.8. The van der Waals surface area contributed by atoms with Crippen LogP contribution in [0.3, 0.4) is 0 Å². The number of benzene rings is 2. The van der Waals surface area contributed by atoms with Gasteiger partial charge in [0.2, 0.25) is 0 Å². The Morgan fingerprint density at radius 3 is 2.50 bits per heavy atom. The van der Waals surface area contributed by atoms with Crippen molar-refractivity contribution in [2.75, 3.05) is 5.32 Å². The number of rotatable bonds is 2. The molecule has 0 radical (unpaired) electrons. The van der Waals surface area contributed by atoms with E-state index in [1.165, 1.54) is 11.1 Å². The number of amides is 1. The largest absolute Gasteiger partial charge is 0.444 e. The number of hydrogen-bond donors (Lipinski definition) is 1. The Morgan fingerprint density at radius 1 is 1.12 bits per heavy atom. The number of hydrogen-bond acceptors (Lipinski definition) is 3. The molecule has 2 aromatic rings. The van der Waals surface area contributed by atoms with E-state index in [9.17, 15) is 4.79 Å². The first-order valence-corrected chi connectivity index (χ1v) is 8.08. The average molecular weight is 322 g/mol. The molecule has 0 atom stereocenters. The highest BCUT2D eigenvalue weighted by Gasteiger charge is 2.17. The smallest absolute Gasteiger partial charge is 0.412 e. The van der Waals surface area contributed by atoms with Crippen LogP contribution in [-0.4, -0.2) is 17.4 Å². The lowest BCUT2D eigenvalue weighted by atomic mass is 10.0. The second kappa shape index (κ2) is 6.11. The minimum absolute atomic E-state index is 0.448. The molecule has 0 saturated carbocycles. The predicted molar refractivity (Wildman–Crippen MR) is 97.4 cm³/mol. The van der Waals surface area contributed by atoms with E-state index in [0.29, 0.717) is 5.69 Å². The van der Waals surface area contributed by atoms with Gasteiger partial charge in [0, 0.05) is 12.1 Å². The molecule has 0 aromatic heterocycles. The molecule has 124 valence electrons. The van der Waals surface area contributed by atoms with Gasteiger partial charge in [0.25, 0.3) is 0 Å². The molecule has 0 saturated heterocycles. The van der Waals surface area contributed by atoms with E-state index in [1.807, 2.05) is 45.0 Å². The van der Waals surface area contributed by atoms with Crippen LogP contribution in [0, 0.1) is 6.92 Å². The molecule has 0 spiro atoms. The maximum atomic E-state index is 11.8. The van der Waals surface area contributed by atoms with E-state index >= 15 is 0 Å². The molecular formula is C20H22N2O2. The van der Waals surface area contributed by atoms with Gasteiger partial charge in [-0.15, -0.1) is 0 Å². The van der Waals surface area contributed by atoms with Crippen LogP contribution in [0.25, 0.3) is 0 Å². The second-order valence-corrected chi connectivity index (χ2v) is 7.07. The first-order chi connectivity index (χ1) is 11.3. The molecule has 0 bridgehead atoms. The van der Waals surface area contributed by atoms with Gasteiger partial charge in [0.1, 0.15) is 5.60 Å². The van der Waals surface area contributed by atoms with Crippen molar-refractivity contribution in [3.63, 3.8) is 0 Å². The monoisotopic (exact) mass is 322 g/mol. The summed E-state index contributed by atoms with van der Waals surface area (Å²) in [6.45, 7) is 7.60. The minimum atomic E-state index is -0.507. The summed E-state index contributed by atoms with van der Waals surface area (Å²) in [4.78, 5) is 16.5. The van der Waals surface area contributed by atoms with Gasteiger partial charge in [-0.25, -0.2) is 4.79 Å². The molecule has 24 heavy (non-hydrogen) atoms. The van der Waals surface area contributed by atoms with Gasteiger partial charge >= 0.3 is 6.09 Å². The summed E-state index contributed by atoms with van der Waals surface area (Å²) in [5.41, 5.74) is 5.85. The number of carbonyl (C=O) groups excluding carboxylic acids is 1. The van der Waals surface area contributed by atoms with Crippen molar-refractivity contribution in [3.8, 4) is 0 Å².